The van der Waals surface area contributed by atoms with Crippen LogP contribution in [0.25, 0.3) is 0 Å². The van der Waals surface area contributed by atoms with Crippen molar-refractivity contribution >= 4 is 11.6 Å². The molecule has 1 fully saturated rings. The van der Waals surface area contributed by atoms with Crippen LogP contribution in [-0.4, -0.2) is 24.4 Å². The maximum Gasteiger partial charge on any atom is 0.124 e. The van der Waals surface area contributed by atoms with Crippen LogP contribution < -0.4 is 4.74 Å². The van der Waals surface area contributed by atoms with Gasteiger partial charge in [0.15, 0.2) is 0 Å². The molecule has 3 nitrogen and oxygen atoms in total. The summed E-state index contributed by atoms with van der Waals surface area (Å²) in [5, 5.41) is 10.2. The molecule has 2 aromatic carbocycles. The van der Waals surface area contributed by atoms with E-state index in [-0.39, 0.29) is 11.9 Å². The lowest BCUT2D eigenvalue weighted by Crippen LogP contribution is -2.15. The van der Waals surface area contributed by atoms with Crippen molar-refractivity contribution in [1.29, 1.82) is 0 Å². The highest BCUT2D eigenvalue weighted by Gasteiger charge is 2.16. The van der Waals surface area contributed by atoms with Gasteiger partial charge in [0.05, 0.1) is 13.2 Å². The van der Waals surface area contributed by atoms with Gasteiger partial charge >= 0.3 is 0 Å². The van der Waals surface area contributed by atoms with Crippen molar-refractivity contribution in [2.24, 2.45) is 0 Å². The van der Waals surface area contributed by atoms with Gasteiger partial charge in [-0.15, -0.1) is 0 Å². The fraction of sp³-hybridized carbons (Fsp3) is 0.294. The van der Waals surface area contributed by atoms with Crippen LogP contribution in [0.5, 0.6) is 11.5 Å². The molecule has 0 aromatic heterocycles. The summed E-state index contributed by atoms with van der Waals surface area (Å²) in [7, 11) is 0. The third kappa shape index (κ3) is 3.69. The van der Waals surface area contributed by atoms with Crippen LogP contribution in [-0.2, 0) is 11.2 Å². The fourth-order valence-corrected chi connectivity index (χ4v) is 2.59. The van der Waals surface area contributed by atoms with Gasteiger partial charge in [0, 0.05) is 11.4 Å². The van der Waals surface area contributed by atoms with Crippen molar-refractivity contribution in [1.82, 2.24) is 0 Å². The lowest BCUT2D eigenvalue weighted by molar-refractivity contribution is 0.141. The van der Waals surface area contributed by atoms with Gasteiger partial charge in [-0.2, -0.15) is 0 Å². The SMILES string of the molecule is Oc1ccc(Cl)c(Cc2ccc(OC3CCOC3)cc2)c1. The van der Waals surface area contributed by atoms with Crippen molar-refractivity contribution in [3.63, 3.8) is 0 Å². The first-order valence-electron chi connectivity index (χ1n) is 7.01. The molecule has 0 aliphatic carbocycles. The minimum Gasteiger partial charge on any atom is -0.508 e. The molecular formula is C17H17ClO3. The number of phenolic OH excluding ortho intramolecular Hbond substituents is 1. The first-order chi connectivity index (χ1) is 10.2. The highest BCUT2D eigenvalue weighted by molar-refractivity contribution is 6.31. The van der Waals surface area contributed by atoms with E-state index in [4.69, 9.17) is 21.1 Å². The second-order valence-electron chi connectivity index (χ2n) is 5.20. The van der Waals surface area contributed by atoms with E-state index in [1.54, 1.807) is 18.2 Å². The van der Waals surface area contributed by atoms with E-state index in [1.807, 2.05) is 24.3 Å². The number of phenols is 1. The molecular weight excluding hydrogens is 288 g/mol. The Morgan fingerprint density at radius 1 is 1.19 bits per heavy atom. The van der Waals surface area contributed by atoms with Crippen LogP contribution >= 0.6 is 11.6 Å². The van der Waals surface area contributed by atoms with Crippen molar-refractivity contribution < 1.29 is 14.6 Å². The average molecular weight is 305 g/mol. The number of halogens is 1. The molecule has 2 aromatic rings. The Morgan fingerprint density at radius 3 is 2.71 bits per heavy atom. The molecule has 21 heavy (non-hydrogen) atoms. The van der Waals surface area contributed by atoms with Crippen molar-refractivity contribution in [3.05, 3.63) is 58.6 Å². The molecule has 0 amide bonds. The van der Waals surface area contributed by atoms with E-state index in [0.717, 1.165) is 29.9 Å². The van der Waals surface area contributed by atoms with Crippen LogP contribution in [0.3, 0.4) is 0 Å². The van der Waals surface area contributed by atoms with Crippen LogP contribution in [0.2, 0.25) is 5.02 Å². The number of hydrogen-bond acceptors (Lipinski definition) is 3. The Balaban J connectivity index is 1.67. The van der Waals surface area contributed by atoms with E-state index in [1.165, 1.54) is 0 Å². The van der Waals surface area contributed by atoms with Gasteiger partial charge in [0.2, 0.25) is 0 Å². The van der Waals surface area contributed by atoms with Crippen LogP contribution in [0.15, 0.2) is 42.5 Å². The molecule has 3 rings (SSSR count). The third-order valence-corrected chi connectivity index (χ3v) is 3.91. The van der Waals surface area contributed by atoms with Gasteiger partial charge in [-0.3, -0.25) is 0 Å². The number of hydrogen-bond donors (Lipinski definition) is 1. The molecule has 0 radical (unpaired) electrons. The summed E-state index contributed by atoms with van der Waals surface area (Å²) in [6, 6.07) is 13.0. The predicted octanol–water partition coefficient (Wildman–Crippen LogP) is 3.80. The first-order valence-corrected chi connectivity index (χ1v) is 7.39. The molecule has 1 unspecified atom stereocenters. The summed E-state index contributed by atoms with van der Waals surface area (Å²) in [6.07, 6.45) is 1.79. The number of aromatic hydroxyl groups is 1. The monoisotopic (exact) mass is 304 g/mol. The summed E-state index contributed by atoms with van der Waals surface area (Å²) >= 11 is 6.14. The van der Waals surface area contributed by atoms with E-state index in [0.29, 0.717) is 18.1 Å². The summed E-state index contributed by atoms with van der Waals surface area (Å²) < 4.78 is 11.1. The molecule has 0 saturated carbocycles. The summed E-state index contributed by atoms with van der Waals surface area (Å²) in [6.45, 7) is 1.44. The Morgan fingerprint density at radius 2 is 2.00 bits per heavy atom. The zero-order chi connectivity index (χ0) is 14.7. The summed E-state index contributed by atoms with van der Waals surface area (Å²) in [5.74, 6) is 1.09. The Labute approximate surface area is 129 Å². The highest BCUT2D eigenvalue weighted by atomic mass is 35.5. The van der Waals surface area contributed by atoms with Gasteiger partial charge in [-0.05, 0) is 47.9 Å². The minimum absolute atomic E-state index is 0.163. The molecule has 1 aliphatic rings. The molecule has 1 aliphatic heterocycles. The largest absolute Gasteiger partial charge is 0.508 e. The predicted molar refractivity (Wildman–Crippen MR) is 82.2 cm³/mol. The molecule has 110 valence electrons. The van der Waals surface area contributed by atoms with E-state index in [2.05, 4.69) is 0 Å². The first kappa shape index (κ1) is 14.2. The Hall–Kier alpha value is -1.71. The van der Waals surface area contributed by atoms with Crippen LogP contribution in [0.1, 0.15) is 17.5 Å². The molecule has 0 bridgehead atoms. The van der Waals surface area contributed by atoms with Crippen molar-refractivity contribution in [2.75, 3.05) is 13.2 Å². The maximum atomic E-state index is 9.53. The molecule has 0 spiro atoms. The van der Waals surface area contributed by atoms with E-state index in [9.17, 15) is 5.11 Å². The smallest absolute Gasteiger partial charge is 0.124 e. The van der Waals surface area contributed by atoms with Gasteiger partial charge in [-0.1, -0.05) is 23.7 Å². The minimum atomic E-state index is 0.163. The number of ether oxygens (including phenoxy) is 2. The van der Waals surface area contributed by atoms with Gasteiger partial charge in [0.25, 0.3) is 0 Å². The zero-order valence-corrected chi connectivity index (χ0v) is 12.3. The van der Waals surface area contributed by atoms with Crippen LogP contribution in [0, 0.1) is 0 Å². The van der Waals surface area contributed by atoms with Gasteiger partial charge in [0.1, 0.15) is 17.6 Å². The van der Waals surface area contributed by atoms with Crippen molar-refractivity contribution in [3.8, 4) is 11.5 Å². The lowest BCUT2D eigenvalue weighted by Gasteiger charge is -2.12. The van der Waals surface area contributed by atoms with Crippen molar-refractivity contribution in [2.45, 2.75) is 18.9 Å². The van der Waals surface area contributed by atoms with Crippen LogP contribution in [0.4, 0.5) is 0 Å². The second kappa shape index (κ2) is 6.37. The quantitative estimate of drug-likeness (QED) is 0.933. The average Bonchev–Trinajstić information content (AvgIpc) is 2.98. The standard InChI is InChI=1S/C17H17ClO3/c18-17-6-3-14(19)10-13(17)9-12-1-4-15(5-2-12)21-16-7-8-20-11-16/h1-6,10,16,19H,7-9,11H2. The van der Waals surface area contributed by atoms with E-state index >= 15 is 0 Å². The second-order valence-corrected chi connectivity index (χ2v) is 5.61. The molecule has 4 heteroatoms. The molecule has 1 atom stereocenters. The summed E-state index contributed by atoms with van der Waals surface area (Å²) in [4.78, 5) is 0. The third-order valence-electron chi connectivity index (χ3n) is 3.54. The number of benzene rings is 2. The normalized spacial score (nSPS) is 17.9. The lowest BCUT2D eigenvalue weighted by atomic mass is 10.0. The molecule has 1 N–H and O–H groups in total. The fourth-order valence-electron chi connectivity index (χ4n) is 2.40. The zero-order valence-electron chi connectivity index (χ0n) is 11.6. The highest BCUT2D eigenvalue weighted by Crippen LogP contribution is 2.25. The number of rotatable bonds is 4. The maximum absolute atomic E-state index is 9.53. The Kier molecular flexibility index (Phi) is 4.32. The molecule has 1 saturated heterocycles. The molecule has 1 heterocycles. The van der Waals surface area contributed by atoms with E-state index < -0.39 is 0 Å². The van der Waals surface area contributed by atoms with Gasteiger partial charge < -0.3 is 14.6 Å². The summed E-state index contributed by atoms with van der Waals surface area (Å²) in [5.41, 5.74) is 2.03. The van der Waals surface area contributed by atoms with Gasteiger partial charge in [-0.25, -0.2) is 0 Å². The topological polar surface area (TPSA) is 38.7 Å². The Bertz CT molecular complexity index is 604.